The van der Waals surface area contributed by atoms with Gasteiger partial charge in [-0.25, -0.2) is 0 Å². The molecule has 2 aromatic rings. The maximum atomic E-state index is 10.5. The molecule has 0 saturated heterocycles. The lowest BCUT2D eigenvalue weighted by Crippen LogP contribution is -1.85. The van der Waals surface area contributed by atoms with Crippen LogP contribution in [0.1, 0.15) is 25.0 Å². The predicted octanol–water partition coefficient (Wildman–Crippen LogP) is 5.70. The summed E-state index contributed by atoms with van der Waals surface area (Å²) in [6, 6.07) is 12.5. The van der Waals surface area contributed by atoms with Crippen molar-refractivity contribution in [2.75, 3.05) is 7.11 Å². The van der Waals surface area contributed by atoms with Crippen molar-refractivity contribution < 1.29 is 5.11 Å². The van der Waals surface area contributed by atoms with E-state index in [4.69, 9.17) is 22.0 Å². The quantitative estimate of drug-likeness (QED) is 0.720. The van der Waals surface area contributed by atoms with Gasteiger partial charge in [0.1, 0.15) is 5.69 Å². The van der Waals surface area contributed by atoms with Crippen molar-refractivity contribution >= 4 is 29.1 Å². The Hall–Kier alpha value is -1.87. The van der Waals surface area contributed by atoms with Crippen LogP contribution in [0.2, 0.25) is 5.02 Å². The molecular weight excluding hydrogens is 332 g/mol. The van der Waals surface area contributed by atoms with Crippen molar-refractivity contribution in [3.8, 4) is 6.07 Å². The average molecular weight is 351 g/mol. The lowest BCUT2D eigenvalue weighted by Gasteiger charge is -2.08. The minimum absolute atomic E-state index is 0.380. The van der Waals surface area contributed by atoms with Crippen molar-refractivity contribution in [2.45, 2.75) is 30.6 Å². The molecule has 0 aliphatic rings. The minimum atomic E-state index is 0.380. The van der Waals surface area contributed by atoms with Gasteiger partial charge in [0.05, 0.1) is 11.6 Å². The standard InChI is InChI=1S/C14H9ClN2OS.C2H6.CH4O/c1-9-13(15)5-10(8-16)6-14(9)19-12-4-2-3-11(7-12)17-18;2*1-2/h2-7H,1H3;1-2H3;2H,1H3. The molecule has 23 heavy (non-hydrogen) atoms. The van der Waals surface area contributed by atoms with E-state index < -0.39 is 0 Å². The summed E-state index contributed by atoms with van der Waals surface area (Å²) >= 11 is 7.54. The molecule has 2 aromatic carbocycles. The number of aliphatic hydroxyl groups excluding tert-OH is 1. The van der Waals surface area contributed by atoms with Crippen LogP contribution in [0, 0.1) is 23.2 Å². The predicted molar refractivity (Wildman–Crippen MR) is 96.4 cm³/mol. The summed E-state index contributed by atoms with van der Waals surface area (Å²) in [7, 11) is 1.00. The summed E-state index contributed by atoms with van der Waals surface area (Å²) < 4.78 is 0. The van der Waals surface area contributed by atoms with E-state index in [9.17, 15) is 4.91 Å². The van der Waals surface area contributed by atoms with E-state index in [1.165, 1.54) is 11.8 Å². The zero-order valence-electron chi connectivity index (χ0n) is 13.5. The molecule has 0 atom stereocenters. The van der Waals surface area contributed by atoms with E-state index in [0.29, 0.717) is 16.3 Å². The lowest BCUT2D eigenvalue weighted by molar-refractivity contribution is 0.399. The topological polar surface area (TPSA) is 73.4 Å². The van der Waals surface area contributed by atoms with Crippen molar-refractivity contribution in [2.24, 2.45) is 5.18 Å². The number of hydrogen-bond acceptors (Lipinski definition) is 5. The number of rotatable bonds is 3. The summed E-state index contributed by atoms with van der Waals surface area (Å²) in [4.78, 5) is 12.3. The molecule has 4 nitrogen and oxygen atoms in total. The summed E-state index contributed by atoms with van der Waals surface area (Å²) in [6.07, 6.45) is 0. The summed E-state index contributed by atoms with van der Waals surface area (Å²) in [5.74, 6) is 0. The van der Waals surface area contributed by atoms with Crippen LogP contribution < -0.4 is 0 Å². The molecule has 0 saturated carbocycles. The molecule has 0 bridgehead atoms. The molecule has 6 heteroatoms. The molecule has 0 unspecified atom stereocenters. The van der Waals surface area contributed by atoms with Crippen LogP contribution in [-0.4, -0.2) is 12.2 Å². The van der Waals surface area contributed by atoms with E-state index in [1.807, 2.05) is 26.8 Å². The number of halogens is 1. The number of hydrogen-bond donors (Lipinski definition) is 1. The molecule has 0 fully saturated rings. The maximum Gasteiger partial charge on any atom is 0.109 e. The minimum Gasteiger partial charge on any atom is -0.400 e. The number of nitriles is 1. The smallest absolute Gasteiger partial charge is 0.109 e. The van der Waals surface area contributed by atoms with Crippen molar-refractivity contribution in [1.82, 2.24) is 0 Å². The van der Waals surface area contributed by atoms with Gasteiger partial charge in [-0.3, -0.25) is 0 Å². The first-order chi connectivity index (χ1) is 11.1. The first-order valence-corrected chi connectivity index (χ1v) is 8.09. The Bertz CT molecular complexity index is 685. The fraction of sp³-hybridized carbons (Fsp3) is 0.235. The van der Waals surface area contributed by atoms with Gasteiger partial charge in [0, 0.05) is 21.9 Å². The number of benzene rings is 2. The summed E-state index contributed by atoms with van der Waals surface area (Å²) in [6.45, 7) is 5.90. The first kappa shape index (κ1) is 21.1. The van der Waals surface area contributed by atoms with E-state index in [-0.39, 0.29) is 0 Å². The van der Waals surface area contributed by atoms with Crippen LogP contribution in [0.3, 0.4) is 0 Å². The van der Waals surface area contributed by atoms with Crippen LogP contribution >= 0.6 is 23.4 Å². The Morgan fingerprint density at radius 1 is 1.22 bits per heavy atom. The van der Waals surface area contributed by atoms with Gasteiger partial charge in [0.2, 0.25) is 0 Å². The molecule has 0 spiro atoms. The van der Waals surface area contributed by atoms with Crippen LogP contribution in [-0.2, 0) is 0 Å². The van der Waals surface area contributed by atoms with Gasteiger partial charge < -0.3 is 5.11 Å². The fourth-order valence-corrected chi connectivity index (χ4v) is 2.86. The van der Waals surface area contributed by atoms with Gasteiger partial charge >= 0.3 is 0 Å². The lowest BCUT2D eigenvalue weighted by atomic mass is 10.2. The Balaban J connectivity index is 0.00000112. The second-order valence-electron chi connectivity index (χ2n) is 3.88. The van der Waals surface area contributed by atoms with Crippen LogP contribution in [0.5, 0.6) is 0 Å². The van der Waals surface area contributed by atoms with Gasteiger partial charge in [-0.2, -0.15) is 5.26 Å². The molecule has 0 amide bonds. The SMILES string of the molecule is CC.CO.Cc1c(Cl)cc(C#N)cc1Sc1cccc(N=O)c1. The molecular formula is C17H19ClN2O2S. The normalized spacial score (nSPS) is 8.74. The molecule has 2 rings (SSSR count). The van der Waals surface area contributed by atoms with E-state index in [0.717, 1.165) is 22.5 Å². The number of nitroso groups, excluding NO2 is 1. The van der Waals surface area contributed by atoms with E-state index >= 15 is 0 Å². The number of aliphatic hydroxyl groups is 1. The Morgan fingerprint density at radius 3 is 2.43 bits per heavy atom. The van der Waals surface area contributed by atoms with Crippen molar-refractivity contribution in [3.63, 3.8) is 0 Å². The highest BCUT2D eigenvalue weighted by Gasteiger charge is 2.08. The van der Waals surface area contributed by atoms with E-state index in [1.54, 1.807) is 30.3 Å². The molecule has 0 heterocycles. The molecule has 0 aromatic heterocycles. The number of nitrogens with zero attached hydrogens (tertiary/aromatic N) is 2. The second-order valence-corrected chi connectivity index (χ2v) is 5.41. The van der Waals surface area contributed by atoms with E-state index in [2.05, 4.69) is 11.2 Å². The largest absolute Gasteiger partial charge is 0.400 e. The first-order valence-electron chi connectivity index (χ1n) is 6.90. The molecule has 0 aliphatic carbocycles. The Morgan fingerprint density at radius 2 is 1.87 bits per heavy atom. The fourth-order valence-electron chi connectivity index (χ4n) is 1.55. The maximum absolute atomic E-state index is 10.5. The summed E-state index contributed by atoms with van der Waals surface area (Å²) in [5, 5.41) is 19.4. The highest BCUT2D eigenvalue weighted by molar-refractivity contribution is 7.99. The Labute approximate surface area is 146 Å². The highest BCUT2D eigenvalue weighted by atomic mass is 35.5. The van der Waals surface area contributed by atoms with Gasteiger partial charge in [-0.05, 0) is 48.0 Å². The van der Waals surface area contributed by atoms with Crippen LogP contribution in [0.4, 0.5) is 5.69 Å². The van der Waals surface area contributed by atoms with Crippen molar-refractivity contribution in [3.05, 3.63) is 57.5 Å². The zero-order valence-corrected chi connectivity index (χ0v) is 15.1. The summed E-state index contributed by atoms with van der Waals surface area (Å²) in [5.41, 5.74) is 1.81. The van der Waals surface area contributed by atoms with Gasteiger partial charge in [0.25, 0.3) is 0 Å². The van der Waals surface area contributed by atoms with Gasteiger partial charge in [-0.15, -0.1) is 4.91 Å². The van der Waals surface area contributed by atoms with Gasteiger partial charge in [-0.1, -0.05) is 43.3 Å². The second kappa shape index (κ2) is 11.7. The monoisotopic (exact) mass is 350 g/mol. The third kappa shape index (κ3) is 6.41. The molecule has 122 valence electrons. The zero-order chi connectivity index (χ0) is 17.8. The average Bonchev–Trinajstić information content (AvgIpc) is 2.62. The molecule has 1 N–H and O–H groups in total. The molecule has 0 aliphatic heterocycles. The Kier molecular flexibility index (Phi) is 10.7. The van der Waals surface area contributed by atoms with Crippen LogP contribution in [0.15, 0.2) is 51.4 Å². The molecule has 0 radical (unpaired) electrons. The van der Waals surface area contributed by atoms with Crippen LogP contribution in [0.25, 0.3) is 0 Å². The van der Waals surface area contributed by atoms with Gasteiger partial charge in [0.15, 0.2) is 0 Å². The van der Waals surface area contributed by atoms with Crippen molar-refractivity contribution in [1.29, 1.82) is 5.26 Å². The third-order valence-electron chi connectivity index (χ3n) is 2.58. The third-order valence-corrected chi connectivity index (χ3v) is 4.10. The highest BCUT2D eigenvalue weighted by Crippen LogP contribution is 2.35.